The van der Waals surface area contributed by atoms with Gasteiger partial charge in [-0.2, -0.15) is 4.31 Å². The number of carbonyl (C=O) groups is 1. The number of sulfonamides is 1. The van der Waals surface area contributed by atoms with Crippen molar-refractivity contribution in [3.63, 3.8) is 0 Å². The van der Waals surface area contributed by atoms with Crippen LogP contribution in [0.15, 0.2) is 29.2 Å². The van der Waals surface area contributed by atoms with E-state index in [1.807, 2.05) is 17.0 Å². The number of hydrogen-bond donors (Lipinski definition) is 1. The lowest BCUT2D eigenvalue weighted by atomic mass is 10.0. The highest BCUT2D eigenvalue weighted by atomic mass is 32.2. The molecule has 7 nitrogen and oxygen atoms in total. The third kappa shape index (κ3) is 4.03. The van der Waals surface area contributed by atoms with E-state index in [9.17, 15) is 13.2 Å². The minimum Gasteiger partial charge on any atom is -0.379 e. The predicted molar refractivity (Wildman–Crippen MR) is 101 cm³/mol. The molecular weight excluding hydrogens is 366 g/mol. The third-order valence-corrected chi connectivity index (χ3v) is 7.81. The molecular formula is C19H27N3O4S. The molecule has 1 aromatic rings. The average molecular weight is 394 g/mol. The van der Waals surface area contributed by atoms with Crippen LogP contribution in [0.25, 0.3) is 0 Å². The second-order valence-electron chi connectivity index (χ2n) is 7.64. The Hall–Kier alpha value is -1.48. The molecule has 0 saturated carbocycles. The van der Waals surface area contributed by atoms with Crippen LogP contribution in [0, 0.1) is 11.8 Å². The van der Waals surface area contributed by atoms with Crippen LogP contribution in [0.3, 0.4) is 0 Å². The van der Waals surface area contributed by atoms with Crippen LogP contribution >= 0.6 is 0 Å². The monoisotopic (exact) mass is 393 g/mol. The van der Waals surface area contributed by atoms with E-state index in [1.54, 1.807) is 12.1 Å². The fourth-order valence-corrected chi connectivity index (χ4v) is 5.64. The Bertz CT molecular complexity index is 763. The zero-order valence-electron chi connectivity index (χ0n) is 15.5. The molecule has 0 unspecified atom stereocenters. The molecule has 148 valence electrons. The lowest BCUT2D eigenvalue weighted by molar-refractivity contribution is -0.130. The minimum atomic E-state index is -3.46. The number of benzene rings is 1. The number of ether oxygens (including phenoxy) is 1. The number of hydrogen-bond acceptors (Lipinski definition) is 5. The summed E-state index contributed by atoms with van der Waals surface area (Å²) in [5.74, 6) is 1.42. The summed E-state index contributed by atoms with van der Waals surface area (Å²) in [7, 11) is -3.46. The van der Waals surface area contributed by atoms with Crippen molar-refractivity contribution >= 4 is 15.9 Å². The van der Waals surface area contributed by atoms with Gasteiger partial charge in [0.1, 0.15) is 0 Å². The molecule has 0 radical (unpaired) electrons. The van der Waals surface area contributed by atoms with Gasteiger partial charge >= 0.3 is 0 Å². The summed E-state index contributed by atoms with van der Waals surface area (Å²) in [6, 6.07) is 6.94. The first kappa shape index (κ1) is 18.9. The average Bonchev–Trinajstić information content (AvgIpc) is 3.29. The number of nitrogens with one attached hydrogen (secondary N) is 1. The quantitative estimate of drug-likeness (QED) is 0.779. The number of carbonyl (C=O) groups excluding carboxylic acids is 1. The normalized spacial score (nSPS) is 26.3. The Morgan fingerprint density at radius 2 is 1.70 bits per heavy atom. The minimum absolute atomic E-state index is 0.203. The number of likely N-dealkylation sites (tertiary alicyclic amines) is 1. The van der Waals surface area contributed by atoms with E-state index in [0.29, 0.717) is 55.9 Å². The first-order valence-electron chi connectivity index (χ1n) is 9.69. The zero-order valence-corrected chi connectivity index (χ0v) is 16.3. The van der Waals surface area contributed by atoms with E-state index in [-0.39, 0.29) is 5.91 Å². The maximum absolute atomic E-state index is 12.6. The van der Waals surface area contributed by atoms with Gasteiger partial charge < -0.3 is 15.0 Å². The van der Waals surface area contributed by atoms with E-state index in [0.717, 1.165) is 31.7 Å². The van der Waals surface area contributed by atoms with Gasteiger partial charge in [0.05, 0.1) is 18.1 Å². The zero-order chi connectivity index (χ0) is 18.9. The maximum Gasteiger partial charge on any atom is 0.243 e. The van der Waals surface area contributed by atoms with Crippen molar-refractivity contribution < 1.29 is 17.9 Å². The molecule has 1 aromatic carbocycles. The lowest BCUT2D eigenvalue weighted by Crippen LogP contribution is -2.40. The van der Waals surface area contributed by atoms with Gasteiger partial charge in [-0.15, -0.1) is 0 Å². The Labute approximate surface area is 160 Å². The molecule has 3 saturated heterocycles. The largest absolute Gasteiger partial charge is 0.379 e. The van der Waals surface area contributed by atoms with E-state index < -0.39 is 10.0 Å². The maximum atomic E-state index is 12.6. The van der Waals surface area contributed by atoms with Crippen LogP contribution in [-0.2, 0) is 26.0 Å². The Balaban J connectivity index is 1.32. The van der Waals surface area contributed by atoms with Crippen LogP contribution in [-0.4, -0.2) is 76.0 Å². The molecule has 1 N–H and O–H groups in total. The van der Waals surface area contributed by atoms with Crippen molar-refractivity contribution in [2.24, 2.45) is 11.8 Å². The van der Waals surface area contributed by atoms with Crippen LogP contribution in [0.5, 0.6) is 0 Å². The second-order valence-corrected chi connectivity index (χ2v) is 9.58. The molecule has 0 aromatic heterocycles. The molecule has 0 bridgehead atoms. The molecule has 3 fully saturated rings. The van der Waals surface area contributed by atoms with Crippen LogP contribution in [0.4, 0.5) is 0 Å². The van der Waals surface area contributed by atoms with Gasteiger partial charge in [0.2, 0.25) is 15.9 Å². The molecule has 27 heavy (non-hydrogen) atoms. The van der Waals surface area contributed by atoms with Gasteiger partial charge in [0, 0.05) is 45.7 Å². The van der Waals surface area contributed by atoms with Crippen molar-refractivity contribution in [2.75, 3.05) is 52.5 Å². The summed E-state index contributed by atoms with van der Waals surface area (Å²) in [6.07, 6.45) is 1.11. The van der Waals surface area contributed by atoms with E-state index in [4.69, 9.17) is 4.74 Å². The summed E-state index contributed by atoms with van der Waals surface area (Å²) in [6.45, 7) is 5.45. The number of fused-ring (bicyclic) bond motifs is 1. The molecule has 3 heterocycles. The molecule has 3 aliphatic heterocycles. The number of rotatable bonds is 5. The summed E-state index contributed by atoms with van der Waals surface area (Å²) >= 11 is 0. The summed E-state index contributed by atoms with van der Waals surface area (Å²) < 4.78 is 32.0. The molecule has 4 rings (SSSR count). The Kier molecular flexibility index (Phi) is 5.50. The van der Waals surface area contributed by atoms with Crippen molar-refractivity contribution in [3.8, 4) is 0 Å². The predicted octanol–water partition coefficient (Wildman–Crippen LogP) is 0.318. The number of nitrogens with zero attached hydrogens (tertiary/aromatic N) is 2. The highest BCUT2D eigenvalue weighted by Crippen LogP contribution is 2.27. The molecule has 0 spiro atoms. The topological polar surface area (TPSA) is 79.0 Å². The summed E-state index contributed by atoms with van der Waals surface area (Å²) in [5.41, 5.74) is 0.991. The highest BCUT2D eigenvalue weighted by Gasteiger charge is 2.37. The summed E-state index contributed by atoms with van der Waals surface area (Å²) in [5, 5.41) is 3.39. The van der Waals surface area contributed by atoms with E-state index >= 15 is 0 Å². The molecule has 1 amide bonds. The fraction of sp³-hybridized carbons (Fsp3) is 0.632. The molecule has 8 heteroatoms. The standard InChI is InChI=1S/C19H27N3O4S/c23-19(21-13-16-11-20-12-17(16)14-21)6-3-15-1-4-18(5-2-15)27(24,25)22-7-9-26-10-8-22/h1-2,4-5,16-17,20H,3,6-14H2/t16-,17+. The molecule has 0 aliphatic carbocycles. The lowest BCUT2D eigenvalue weighted by Gasteiger charge is -2.26. The van der Waals surface area contributed by atoms with Gasteiger partial charge in [-0.05, 0) is 36.0 Å². The van der Waals surface area contributed by atoms with Gasteiger partial charge in [0.15, 0.2) is 0 Å². The SMILES string of the molecule is O=C(CCc1ccc(S(=O)(=O)N2CCOCC2)cc1)N1C[C@H]2CNC[C@H]2C1. The van der Waals surface area contributed by atoms with Crippen LogP contribution < -0.4 is 5.32 Å². The van der Waals surface area contributed by atoms with Gasteiger partial charge in [-0.25, -0.2) is 8.42 Å². The first-order chi connectivity index (χ1) is 13.0. The van der Waals surface area contributed by atoms with Gasteiger partial charge in [-0.1, -0.05) is 12.1 Å². The van der Waals surface area contributed by atoms with Crippen molar-refractivity contribution in [1.29, 1.82) is 0 Å². The number of amides is 1. The third-order valence-electron chi connectivity index (χ3n) is 5.90. The van der Waals surface area contributed by atoms with Crippen molar-refractivity contribution in [2.45, 2.75) is 17.7 Å². The van der Waals surface area contributed by atoms with E-state index in [1.165, 1.54) is 4.31 Å². The number of aryl methyl sites for hydroxylation is 1. The smallest absolute Gasteiger partial charge is 0.243 e. The van der Waals surface area contributed by atoms with Gasteiger partial charge in [0.25, 0.3) is 0 Å². The van der Waals surface area contributed by atoms with Gasteiger partial charge in [-0.3, -0.25) is 4.79 Å². The fourth-order valence-electron chi connectivity index (χ4n) is 4.23. The summed E-state index contributed by atoms with van der Waals surface area (Å²) in [4.78, 5) is 14.8. The first-order valence-corrected chi connectivity index (χ1v) is 11.1. The molecule has 2 atom stereocenters. The second kappa shape index (κ2) is 7.87. The Morgan fingerprint density at radius 3 is 2.33 bits per heavy atom. The van der Waals surface area contributed by atoms with Crippen LogP contribution in [0.1, 0.15) is 12.0 Å². The van der Waals surface area contributed by atoms with E-state index in [2.05, 4.69) is 5.32 Å². The van der Waals surface area contributed by atoms with Crippen LogP contribution in [0.2, 0.25) is 0 Å². The molecule has 3 aliphatic rings. The highest BCUT2D eigenvalue weighted by molar-refractivity contribution is 7.89. The van der Waals surface area contributed by atoms with Crippen molar-refractivity contribution in [1.82, 2.24) is 14.5 Å². The van der Waals surface area contributed by atoms with Crippen molar-refractivity contribution in [3.05, 3.63) is 29.8 Å². The number of morpholine rings is 1. The Morgan fingerprint density at radius 1 is 1.07 bits per heavy atom.